The van der Waals surface area contributed by atoms with E-state index in [9.17, 15) is 4.39 Å². The van der Waals surface area contributed by atoms with E-state index in [-0.39, 0.29) is 5.82 Å². The number of nitrogens with one attached hydrogen (secondary N) is 1. The molecule has 2 nitrogen and oxygen atoms in total. The van der Waals surface area contributed by atoms with Crippen molar-refractivity contribution in [3.8, 4) is 5.75 Å². The molecule has 0 saturated carbocycles. The maximum atomic E-state index is 13.0. The van der Waals surface area contributed by atoms with Crippen LogP contribution in [-0.4, -0.2) is 7.11 Å². The van der Waals surface area contributed by atoms with Crippen LogP contribution in [0, 0.1) is 12.7 Å². The van der Waals surface area contributed by atoms with E-state index in [1.165, 1.54) is 12.1 Å². The molecule has 0 spiro atoms. The van der Waals surface area contributed by atoms with E-state index in [1.54, 1.807) is 13.2 Å². The summed E-state index contributed by atoms with van der Waals surface area (Å²) in [6, 6.07) is 10.3. The molecule has 19 heavy (non-hydrogen) atoms. The quantitative estimate of drug-likeness (QED) is 0.895. The average molecular weight is 280 g/mol. The second-order valence-electron chi connectivity index (χ2n) is 4.29. The van der Waals surface area contributed by atoms with E-state index in [0.717, 1.165) is 22.6 Å². The smallest absolute Gasteiger partial charge is 0.141 e. The second kappa shape index (κ2) is 5.93. The minimum atomic E-state index is -0.332. The van der Waals surface area contributed by atoms with Crippen molar-refractivity contribution < 1.29 is 9.13 Å². The van der Waals surface area contributed by atoms with Gasteiger partial charge in [-0.15, -0.1) is 0 Å². The zero-order valence-electron chi connectivity index (χ0n) is 10.8. The molecule has 0 fully saturated rings. The summed E-state index contributed by atoms with van der Waals surface area (Å²) >= 11 is 5.99. The maximum Gasteiger partial charge on any atom is 0.141 e. The SMILES string of the molecule is COc1ccc(C)cc1NCc1ccc(F)cc1Cl. The highest BCUT2D eigenvalue weighted by Gasteiger charge is 2.05. The summed E-state index contributed by atoms with van der Waals surface area (Å²) in [6.07, 6.45) is 0. The minimum Gasteiger partial charge on any atom is -0.495 e. The third kappa shape index (κ3) is 3.38. The van der Waals surface area contributed by atoms with Crippen molar-refractivity contribution in [3.63, 3.8) is 0 Å². The van der Waals surface area contributed by atoms with Gasteiger partial charge in [-0.2, -0.15) is 0 Å². The lowest BCUT2D eigenvalue weighted by Gasteiger charge is -2.12. The van der Waals surface area contributed by atoms with Gasteiger partial charge in [0.25, 0.3) is 0 Å². The summed E-state index contributed by atoms with van der Waals surface area (Å²) in [5.74, 6) is 0.436. The van der Waals surface area contributed by atoms with Crippen LogP contribution in [0.2, 0.25) is 5.02 Å². The van der Waals surface area contributed by atoms with Crippen LogP contribution in [-0.2, 0) is 6.54 Å². The summed E-state index contributed by atoms with van der Waals surface area (Å²) < 4.78 is 18.2. The lowest BCUT2D eigenvalue weighted by atomic mass is 10.2. The lowest BCUT2D eigenvalue weighted by molar-refractivity contribution is 0.416. The van der Waals surface area contributed by atoms with Crippen LogP contribution >= 0.6 is 11.6 Å². The predicted octanol–water partition coefficient (Wildman–Crippen LogP) is 4.41. The Labute approximate surface area is 117 Å². The highest BCUT2D eigenvalue weighted by molar-refractivity contribution is 6.31. The van der Waals surface area contributed by atoms with Crippen molar-refractivity contribution in [2.75, 3.05) is 12.4 Å². The van der Waals surface area contributed by atoms with Crippen LogP contribution in [0.5, 0.6) is 5.75 Å². The summed E-state index contributed by atoms with van der Waals surface area (Å²) in [7, 11) is 1.63. The Balaban J connectivity index is 2.16. The van der Waals surface area contributed by atoms with Crippen LogP contribution in [0.4, 0.5) is 10.1 Å². The van der Waals surface area contributed by atoms with Crippen molar-refractivity contribution in [2.45, 2.75) is 13.5 Å². The summed E-state index contributed by atoms with van der Waals surface area (Å²) in [5.41, 5.74) is 2.86. The maximum absolute atomic E-state index is 13.0. The normalized spacial score (nSPS) is 10.3. The summed E-state index contributed by atoms with van der Waals surface area (Å²) in [6.45, 7) is 2.52. The Morgan fingerprint density at radius 2 is 2.00 bits per heavy atom. The van der Waals surface area contributed by atoms with Crippen molar-refractivity contribution in [3.05, 3.63) is 58.4 Å². The van der Waals surface area contributed by atoms with E-state index in [2.05, 4.69) is 5.32 Å². The van der Waals surface area contributed by atoms with Gasteiger partial charge in [0, 0.05) is 11.6 Å². The molecule has 0 saturated heterocycles. The topological polar surface area (TPSA) is 21.3 Å². The molecule has 0 heterocycles. The Bertz CT molecular complexity index is 586. The van der Waals surface area contributed by atoms with Gasteiger partial charge in [0.05, 0.1) is 12.8 Å². The molecule has 0 atom stereocenters. The number of benzene rings is 2. The molecule has 0 aliphatic heterocycles. The molecule has 2 aromatic carbocycles. The monoisotopic (exact) mass is 279 g/mol. The number of ether oxygens (including phenoxy) is 1. The molecular formula is C15H15ClFNO. The van der Waals surface area contributed by atoms with Gasteiger partial charge in [0.1, 0.15) is 11.6 Å². The molecule has 1 N–H and O–H groups in total. The van der Waals surface area contributed by atoms with Crippen LogP contribution in [0.3, 0.4) is 0 Å². The molecule has 0 aromatic heterocycles. The first-order chi connectivity index (χ1) is 9.10. The van der Waals surface area contributed by atoms with Crippen molar-refractivity contribution in [1.82, 2.24) is 0 Å². The number of anilines is 1. The van der Waals surface area contributed by atoms with Gasteiger partial charge >= 0.3 is 0 Å². The minimum absolute atomic E-state index is 0.332. The lowest BCUT2D eigenvalue weighted by Crippen LogP contribution is -2.02. The van der Waals surface area contributed by atoms with Gasteiger partial charge in [-0.05, 0) is 42.3 Å². The van der Waals surface area contributed by atoms with Gasteiger partial charge in [-0.3, -0.25) is 0 Å². The summed E-state index contributed by atoms with van der Waals surface area (Å²) in [4.78, 5) is 0. The van der Waals surface area contributed by atoms with Crippen LogP contribution in [0.25, 0.3) is 0 Å². The summed E-state index contributed by atoms with van der Waals surface area (Å²) in [5, 5.41) is 3.67. The van der Waals surface area contributed by atoms with Crippen LogP contribution < -0.4 is 10.1 Å². The van der Waals surface area contributed by atoms with Gasteiger partial charge in [-0.25, -0.2) is 4.39 Å². The fourth-order valence-electron chi connectivity index (χ4n) is 1.82. The Morgan fingerprint density at radius 3 is 2.68 bits per heavy atom. The molecule has 0 amide bonds. The molecule has 2 aromatic rings. The van der Waals surface area contributed by atoms with E-state index in [1.807, 2.05) is 25.1 Å². The fraction of sp³-hybridized carbons (Fsp3) is 0.200. The van der Waals surface area contributed by atoms with Gasteiger partial charge < -0.3 is 10.1 Å². The molecule has 2 rings (SSSR count). The molecule has 0 radical (unpaired) electrons. The number of halogens is 2. The molecule has 0 bridgehead atoms. The van der Waals surface area contributed by atoms with E-state index in [4.69, 9.17) is 16.3 Å². The standard InChI is InChI=1S/C15H15ClFNO/c1-10-3-6-15(19-2)14(7-10)18-9-11-4-5-12(17)8-13(11)16/h3-8,18H,9H2,1-2H3. The van der Waals surface area contributed by atoms with Crippen molar-refractivity contribution in [1.29, 1.82) is 0 Å². The Hall–Kier alpha value is -1.74. The average Bonchev–Trinajstić information content (AvgIpc) is 2.38. The Kier molecular flexibility index (Phi) is 4.27. The molecule has 4 heteroatoms. The van der Waals surface area contributed by atoms with E-state index >= 15 is 0 Å². The fourth-order valence-corrected chi connectivity index (χ4v) is 2.05. The first-order valence-electron chi connectivity index (χ1n) is 5.92. The molecule has 0 aliphatic carbocycles. The van der Waals surface area contributed by atoms with Crippen molar-refractivity contribution >= 4 is 17.3 Å². The zero-order valence-corrected chi connectivity index (χ0v) is 11.6. The van der Waals surface area contributed by atoms with Crippen LogP contribution in [0.1, 0.15) is 11.1 Å². The van der Waals surface area contributed by atoms with E-state index < -0.39 is 0 Å². The zero-order chi connectivity index (χ0) is 13.8. The molecule has 0 aliphatic rings. The van der Waals surface area contributed by atoms with Gasteiger partial charge in [-0.1, -0.05) is 23.7 Å². The number of hydrogen-bond acceptors (Lipinski definition) is 2. The number of hydrogen-bond donors (Lipinski definition) is 1. The highest BCUT2D eigenvalue weighted by Crippen LogP contribution is 2.26. The number of rotatable bonds is 4. The molecular weight excluding hydrogens is 265 g/mol. The van der Waals surface area contributed by atoms with Crippen molar-refractivity contribution in [2.24, 2.45) is 0 Å². The van der Waals surface area contributed by atoms with Crippen LogP contribution in [0.15, 0.2) is 36.4 Å². The third-order valence-electron chi connectivity index (χ3n) is 2.84. The molecule has 0 unspecified atom stereocenters. The number of aryl methyl sites for hydroxylation is 1. The largest absolute Gasteiger partial charge is 0.495 e. The number of methoxy groups -OCH3 is 1. The third-order valence-corrected chi connectivity index (χ3v) is 3.19. The van der Waals surface area contributed by atoms with E-state index in [0.29, 0.717) is 11.6 Å². The first-order valence-corrected chi connectivity index (χ1v) is 6.30. The molecule has 100 valence electrons. The van der Waals surface area contributed by atoms with Gasteiger partial charge in [0.15, 0.2) is 0 Å². The highest BCUT2D eigenvalue weighted by atomic mass is 35.5. The first kappa shape index (κ1) is 13.7. The van der Waals surface area contributed by atoms with Gasteiger partial charge in [0.2, 0.25) is 0 Å². The Morgan fingerprint density at radius 1 is 1.21 bits per heavy atom. The second-order valence-corrected chi connectivity index (χ2v) is 4.70. The predicted molar refractivity (Wildman–Crippen MR) is 76.5 cm³/mol.